The summed E-state index contributed by atoms with van der Waals surface area (Å²) in [6, 6.07) is 8.40. The largest absolute Gasteiger partial charge is 0.390 e. The first kappa shape index (κ1) is 20.9. The Balaban J connectivity index is 1.65. The van der Waals surface area contributed by atoms with Gasteiger partial charge in [-0.2, -0.15) is 0 Å². The molecule has 1 saturated carbocycles. The number of aromatic nitrogens is 1. The second kappa shape index (κ2) is 9.15. The molecule has 2 amide bonds. The fraction of sp³-hybridized carbons (Fsp3) is 0.350. The number of pyridine rings is 1. The van der Waals surface area contributed by atoms with Crippen molar-refractivity contribution in [2.75, 3.05) is 0 Å². The number of aliphatic hydroxyl groups excluding tert-OH is 1. The molecule has 9 heteroatoms. The fourth-order valence-electron chi connectivity index (χ4n) is 3.19. The van der Waals surface area contributed by atoms with Crippen molar-refractivity contribution < 1.29 is 23.1 Å². The number of rotatable bonds is 6. The van der Waals surface area contributed by atoms with Gasteiger partial charge in [-0.05, 0) is 49.2 Å². The van der Waals surface area contributed by atoms with Gasteiger partial charge < -0.3 is 10.4 Å². The lowest BCUT2D eigenvalue weighted by atomic mass is 9.95. The molecule has 1 aromatic heterocycles. The third kappa shape index (κ3) is 5.39. The monoisotopic (exact) mass is 417 g/mol. The van der Waals surface area contributed by atoms with Crippen molar-refractivity contribution in [3.63, 3.8) is 0 Å². The number of hydrogen-bond acceptors (Lipinski definition) is 6. The summed E-state index contributed by atoms with van der Waals surface area (Å²) in [5, 5.41) is 11.9. The first-order chi connectivity index (χ1) is 13.9. The molecule has 0 saturated heterocycles. The van der Waals surface area contributed by atoms with Crippen LogP contribution in [0.3, 0.4) is 0 Å². The molecular formula is C20H23N3O5S. The van der Waals surface area contributed by atoms with Crippen LogP contribution in [0.25, 0.3) is 0 Å². The molecule has 0 atom stereocenters. The number of amides is 2. The summed E-state index contributed by atoms with van der Waals surface area (Å²) >= 11 is 0. The van der Waals surface area contributed by atoms with E-state index in [4.69, 9.17) is 5.11 Å². The van der Waals surface area contributed by atoms with Crippen LogP contribution in [0.4, 0.5) is 0 Å². The summed E-state index contributed by atoms with van der Waals surface area (Å²) < 4.78 is 26.9. The second-order valence-corrected chi connectivity index (χ2v) is 8.65. The average molecular weight is 417 g/mol. The number of nitrogens with zero attached hydrogens (tertiary/aromatic N) is 1. The smallest absolute Gasteiger partial charge is 0.266 e. The molecule has 2 aromatic rings. The van der Waals surface area contributed by atoms with Crippen LogP contribution in [0, 0.1) is 0 Å². The molecule has 0 aliphatic heterocycles. The third-order valence-electron chi connectivity index (χ3n) is 4.84. The van der Waals surface area contributed by atoms with E-state index in [2.05, 4.69) is 10.3 Å². The Morgan fingerprint density at radius 2 is 1.62 bits per heavy atom. The molecule has 1 aliphatic rings. The average Bonchev–Trinajstić information content (AvgIpc) is 2.74. The van der Waals surface area contributed by atoms with Crippen LogP contribution in [0.15, 0.2) is 47.5 Å². The summed E-state index contributed by atoms with van der Waals surface area (Å²) in [5.74, 6) is -1.07. The highest BCUT2D eigenvalue weighted by atomic mass is 32.2. The van der Waals surface area contributed by atoms with Crippen LogP contribution in [-0.2, 0) is 16.6 Å². The van der Waals surface area contributed by atoms with Crippen molar-refractivity contribution in [2.45, 2.75) is 49.6 Å². The van der Waals surface area contributed by atoms with Crippen molar-refractivity contribution in [1.29, 1.82) is 0 Å². The Labute approximate surface area is 169 Å². The van der Waals surface area contributed by atoms with E-state index in [1.54, 1.807) is 0 Å². The first-order valence-corrected chi connectivity index (χ1v) is 10.9. The molecule has 0 spiro atoms. The van der Waals surface area contributed by atoms with E-state index in [0.717, 1.165) is 25.7 Å². The lowest BCUT2D eigenvalue weighted by Crippen LogP contribution is -2.36. The molecule has 1 fully saturated rings. The van der Waals surface area contributed by atoms with Gasteiger partial charge in [-0.1, -0.05) is 19.3 Å². The topological polar surface area (TPSA) is 125 Å². The maximum Gasteiger partial charge on any atom is 0.266 e. The van der Waals surface area contributed by atoms with E-state index in [9.17, 15) is 18.0 Å². The molecule has 0 radical (unpaired) electrons. The van der Waals surface area contributed by atoms with E-state index in [-0.39, 0.29) is 29.0 Å². The number of nitrogens with one attached hydrogen (secondary N) is 2. The van der Waals surface area contributed by atoms with Crippen LogP contribution < -0.4 is 10.0 Å². The molecule has 1 aromatic carbocycles. The van der Waals surface area contributed by atoms with Gasteiger partial charge in [0.25, 0.3) is 21.8 Å². The molecule has 8 nitrogen and oxygen atoms in total. The Kier molecular flexibility index (Phi) is 6.60. The molecular weight excluding hydrogens is 394 g/mol. The molecule has 1 aliphatic carbocycles. The highest BCUT2D eigenvalue weighted by Gasteiger charge is 2.21. The van der Waals surface area contributed by atoms with Crippen LogP contribution in [0.1, 0.15) is 58.5 Å². The van der Waals surface area contributed by atoms with E-state index in [1.807, 2.05) is 4.72 Å². The van der Waals surface area contributed by atoms with Crippen molar-refractivity contribution >= 4 is 21.8 Å². The molecule has 3 N–H and O–H groups in total. The van der Waals surface area contributed by atoms with Gasteiger partial charge in [0, 0.05) is 17.8 Å². The summed E-state index contributed by atoms with van der Waals surface area (Å²) in [6.45, 7) is -0.277. The SMILES string of the molecule is O=C(NC1CCCCC1)c1ccc(S(=O)(=O)NC(=O)c2ccc(CO)nc2)cc1. The molecule has 0 bridgehead atoms. The van der Waals surface area contributed by atoms with Crippen LogP contribution >= 0.6 is 0 Å². The first-order valence-electron chi connectivity index (χ1n) is 9.43. The number of benzene rings is 1. The van der Waals surface area contributed by atoms with Gasteiger partial charge in [-0.25, -0.2) is 13.1 Å². The minimum atomic E-state index is -4.10. The Bertz CT molecular complexity index is 966. The summed E-state index contributed by atoms with van der Waals surface area (Å²) in [5.41, 5.74) is 0.783. The lowest BCUT2D eigenvalue weighted by Gasteiger charge is -2.22. The molecule has 29 heavy (non-hydrogen) atoms. The van der Waals surface area contributed by atoms with Crippen LogP contribution in [-0.4, -0.2) is 36.4 Å². The maximum atomic E-state index is 12.4. The number of hydrogen-bond donors (Lipinski definition) is 3. The third-order valence-corrected chi connectivity index (χ3v) is 6.19. The van der Waals surface area contributed by atoms with Crippen molar-refractivity contribution in [3.05, 3.63) is 59.4 Å². The quantitative estimate of drug-likeness (QED) is 0.658. The van der Waals surface area contributed by atoms with Gasteiger partial charge in [0.1, 0.15) is 0 Å². The number of sulfonamides is 1. The second-order valence-electron chi connectivity index (χ2n) is 6.96. The molecule has 0 unspecified atom stereocenters. The van der Waals surface area contributed by atoms with Gasteiger partial charge in [-0.3, -0.25) is 14.6 Å². The Hall–Kier alpha value is -2.78. The predicted octanol–water partition coefficient (Wildman–Crippen LogP) is 1.76. The van der Waals surface area contributed by atoms with E-state index >= 15 is 0 Å². The van der Waals surface area contributed by atoms with Crippen LogP contribution in [0.2, 0.25) is 0 Å². The molecule has 154 valence electrons. The number of carbonyl (C=O) groups excluding carboxylic acids is 2. The van der Waals surface area contributed by atoms with Gasteiger partial charge in [0.05, 0.1) is 22.8 Å². The predicted molar refractivity (Wildman–Crippen MR) is 106 cm³/mol. The van der Waals surface area contributed by atoms with Crippen molar-refractivity contribution in [2.24, 2.45) is 0 Å². The fourth-order valence-corrected chi connectivity index (χ4v) is 4.17. The van der Waals surface area contributed by atoms with Gasteiger partial charge in [-0.15, -0.1) is 0 Å². The van der Waals surface area contributed by atoms with E-state index < -0.39 is 15.9 Å². The Morgan fingerprint density at radius 1 is 0.966 bits per heavy atom. The molecule has 3 rings (SSSR count). The van der Waals surface area contributed by atoms with Gasteiger partial charge in [0.2, 0.25) is 0 Å². The highest BCUT2D eigenvalue weighted by molar-refractivity contribution is 7.90. The normalized spacial score (nSPS) is 14.9. The summed E-state index contributed by atoms with van der Waals surface area (Å²) in [6.07, 6.45) is 6.48. The zero-order valence-corrected chi connectivity index (χ0v) is 16.6. The van der Waals surface area contributed by atoms with Gasteiger partial charge in [0.15, 0.2) is 0 Å². The van der Waals surface area contributed by atoms with Crippen LogP contribution in [0.5, 0.6) is 0 Å². The maximum absolute atomic E-state index is 12.4. The standard InChI is InChI=1S/C20H23N3O5S/c24-13-17-9-6-15(12-21-17)20(26)23-29(27,28)18-10-7-14(8-11-18)19(25)22-16-4-2-1-3-5-16/h6-12,16,24H,1-5,13H2,(H,22,25)(H,23,26). The number of carbonyl (C=O) groups is 2. The van der Waals surface area contributed by atoms with E-state index in [0.29, 0.717) is 11.3 Å². The zero-order chi connectivity index (χ0) is 20.9. The number of aliphatic hydroxyl groups is 1. The zero-order valence-electron chi connectivity index (χ0n) is 15.8. The van der Waals surface area contributed by atoms with Crippen molar-refractivity contribution in [3.8, 4) is 0 Å². The summed E-state index contributed by atoms with van der Waals surface area (Å²) in [4.78, 5) is 28.2. The van der Waals surface area contributed by atoms with E-state index in [1.165, 1.54) is 49.0 Å². The lowest BCUT2D eigenvalue weighted by molar-refractivity contribution is 0.0926. The minimum absolute atomic E-state index is 0.0502. The molecule has 1 heterocycles. The summed E-state index contributed by atoms with van der Waals surface area (Å²) in [7, 11) is -4.10. The van der Waals surface area contributed by atoms with Gasteiger partial charge >= 0.3 is 0 Å². The Morgan fingerprint density at radius 3 is 2.21 bits per heavy atom. The van der Waals surface area contributed by atoms with Crippen molar-refractivity contribution in [1.82, 2.24) is 15.0 Å². The minimum Gasteiger partial charge on any atom is -0.390 e. The highest BCUT2D eigenvalue weighted by Crippen LogP contribution is 2.18.